The molecule has 0 unspecified atom stereocenters. The highest BCUT2D eigenvalue weighted by Crippen LogP contribution is 2.48. The minimum atomic E-state index is -3.66. The summed E-state index contributed by atoms with van der Waals surface area (Å²) < 4.78 is 44.6. The highest BCUT2D eigenvalue weighted by atomic mass is 32.2. The fourth-order valence-corrected chi connectivity index (χ4v) is 4.92. The van der Waals surface area contributed by atoms with Crippen LogP contribution >= 0.6 is 7.60 Å². The molecular formula is C9H13O5PS. The zero-order valence-corrected chi connectivity index (χ0v) is 10.7. The first-order chi connectivity index (χ1) is 7.43. The molecule has 1 aromatic carbocycles. The predicted molar refractivity (Wildman–Crippen MR) is 60.1 cm³/mol. The second-order valence-electron chi connectivity index (χ2n) is 3.03. The van der Waals surface area contributed by atoms with Crippen molar-refractivity contribution in [1.82, 2.24) is 0 Å². The van der Waals surface area contributed by atoms with Gasteiger partial charge in [0, 0.05) is 14.2 Å². The van der Waals surface area contributed by atoms with Gasteiger partial charge in [-0.2, -0.15) is 0 Å². The SMILES string of the molecule is COP(=O)(CS(=O)(=O)c1ccccc1)OC. The topological polar surface area (TPSA) is 69.7 Å². The van der Waals surface area contributed by atoms with Gasteiger partial charge in [0.2, 0.25) is 0 Å². The summed E-state index contributed by atoms with van der Waals surface area (Å²) in [7, 11) is -4.90. The second kappa shape index (κ2) is 5.10. The fourth-order valence-electron chi connectivity index (χ4n) is 1.09. The number of hydrogen-bond acceptors (Lipinski definition) is 5. The van der Waals surface area contributed by atoms with Crippen LogP contribution in [0.3, 0.4) is 0 Å². The number of sulfone groups is 1. The number of hydrogen-bond donors (Lipinski definition) is 0. The first-order valence-electron chi connectivity index (χ1n) is 4.42. The first kappa shape index (κ1) is 13.4. The third-order valence-corrected chi connectivity index (χ3v) is 6.71. The smallest absolute Gasteiger partial charge is 0.311 e. The van der Waals surface area contributed by atoms with E-state index in [0.29, 0.717) is 0 Å². The van der Waals surface area contributed by atoms with Gasteiger partial charge in [-0.3, -0.25) is 4.57 Å². The van der Waals surface area contributed by atoms with Crippen molar-refractivity contribution in [2.24, 2.45) is 0 Å². The van der Waals surface area contributed by atoms with Gasteiger partial charge in [0.15, 0.2) is 15.3 Å². The highest BCUT2D eigenvalue weighted by Gasteiger charge is 2.30. The van der Waals surface area contributed by atoms with Crippen molar-refractivity contribution in [3.8, 4) is 0 Å². The summed E-state index contributed by atoms with van der Waals surface area (Å²) in [5.41, 5.74) is -0.656. The molecule has 0 amide bonds. The molecule has 1 aromatic rings. The van der Waals surface area contributed by atoms with Crippen LogP contribution in [-0.4, -0.2) is 28.1 Å². The average Bonchev–Trinajstić information content (AvgIpc) is 2.29. The maximum atomic E-state index is 11.8. The molecule has 0 aliphatic rings. The summed E-state index contributed by atoms with van der Waals surface area (Å²) in [4.78, 5) is 0.101. The van der Waals surface area contributed by atoms with Crippen molar-refractivity contribution in [2.45, 2.75) is 4.90 Å². The molecule has 90 valence electrons. The van der Waals surface area contributed by atoms with E-state index in [4.69, 9.17) is 0 Å². The third kappa shape index (κ3) is 3.15. The van der Waals surface area contributed by atoms with Crippen LogP contribution in [0.4, 0.5) is 0 Å². The molecule has 0 saturated heterocycles. The molecule has 0 fully saturated rings. The van der Waals surface area contributed by atoms with Gasteiger partial charge < -0.3 is 9.05 Å². The number of benzene rings is 1. The molecule has 0 radical (unpaired) electrons. The van der Waals surface area contributed by atoms with E-state index in [0.717, 1.165) is 14.2 Å². The molecule has 0 heterocycles. The standard InChI is InChI=1S/C9H13O5PS/c1-13-15(10,14-2)8-16(11,12)9-6-4-3-5-7-9/h3-7H,8H2,1-2H3. The monoisotopic (exact) mass is 264 g/mol. The van der Waals surface area contributed by atoms with Crippen LogP contribution in [0.1, 0.15) is 0 Å². The van der Waals surface area contributed by atoms with E-state index in [9.17, 15) is 13.0 Å². The Bertz CT molecular complexity index is 474. The van der Waals surface area contributed by atoms with E-state index in [2.05, 4.69) is 9.05 Å². The molecule has 1 rings (SSSR count). The zero-order chi connectivity index (χ0) is 12.2. The number of rotatable bonds is 5. The second-order valence-corrected chi connectivity index (χ2v) is 7.72. The van der Waals surface area contributed by atoms with Gasteiger partial charge in [0.05, 0.1) is 4.90 Å². The quantitative estimate of drug-likeness (QED) is 0.760. The van der Waals surface area contributed by atoms with Gasteiger partial charge in [0.1, 0.15) is 0 Å². The Morgan fingerprint density at radius 1 is 1.12 bits per heavy atom. The van der Waals surface area contributed by atoms with E-state index in [1.165, 1.54) is 12.1 Å². The molecule has 16 heavy (non-hydrogen) atoms. The van der Waals surface area contributed by atoms with Crippen LogP contribution in [0.2, 0.25) is 0 Å². The van der Waals surface area contributed by atoms with E-state index < -0.39 is 22.9 Å². The molecule has 5 nitrogen and oxygen atoms in total. The Morgan fingerprint density at radius 3 is 2.06 bits per heavy atom. The molecular weight excluding hydrogens is 251 g/mol. The molecule has 0 spiro atoms. The van der Waals surface area contributed by atoms with Crippen LogP contribution in [0.15, 0.2) is 35.2 Å². The van der Waals surface area contributed by atoms with Crippen LogP contribution in [0.5, 0.6) is 0 Å². The maximum absolute atomic E-state index is 11.8. The lowest BCUT2D eigenvalue weighted by Crippen LogP contribution is -2.09. The van der Waals surface area contributed by atoms with Gasteiger partial charge in [-0.05, 0) is 12.1 Å². The largest absolute Gasteiger partial charge is 0.345 e. The van der Waals surface area contributed by atoms with Crippen molar-refractivity contribution < 1.29 is 22.0 Å². The lowest BCUT2D eigenvalue weighted by atomic mass is 10.4. The molecule has 7 heteroatoms. The van der Waals surface area contributed by atoms with Gasteiger partial charge in [-0.15, -0.1) is 0 Å². The van der Waals surface area contributed by atoms with Crippen LogP contribution in [-0.2, 0) is 23.4 Å². The van der Waals surface area contributed by atoms with Crippen LogP contribution < -0.4 is 0 Å². The van der Waals surface area contributed by atoms with Crippen molar-refractivity contribution in [3.63, 3.8) is 0 Å². The van der Waals surface area contributed by atoms with Crippen molar-refractivity contribution in [3.05, 3.63) is 30.3 Å². The lowest BCUT2D eigenvalue weighted by molar-refractivity contribution is 0.280. The Morgan fingerprint density at radius 2 is 1.62 bits per heavy atom. The predicted octanol–water partition coefficient (Wildman–Crippen LogP) is 1.90. The molecule has 0 atom stereocenters. The first-order valence-corrected chi connectivity index (χ1v) is 7.80. The average molecular weight is 264 g/mol. The van der Waals surface area contributed by atoms with E-state index in [-0.39, 0.29) is 4.90 Å². The Labute approximate surface area is 94.8 Å². The summed E-state index contributed by atoms with van der Waals surface area (Å²) >= 11 is 0. The van der Waals surface area contributed by atoms with E-state index in [1.54, 1.807) is 18.2 Å². The van der Waals surface area contributed by atoms with E-state index >= 15 is 0 Å². The Kier molecular flexibility index (Phi) is 4.27. The summed E-state index contributed by atoms with van der Waals surface area (Å²) in [6.07, 6.45) is 0. The van der Waals surface area contributed by atoms with Gasteiger partial charge >= 0.3 is 7.60 Å². The van der Waals surface area contributed by atoms with Crippen molar-refractivity contribution in [2.75, 3.05) is 19.7 Å². The molecule has 0 saturated carbocycles. The van der Waals surface area contributed by atoms with Crippen molar-refractivity contribution in [1.29, 1.82) is 0 Å². The fraction of sp³-hybridized carbons (Fsp3) is 0.333. The minimum Gasteiger partial charge on any atom is -0.311 e. The maximum Gasteiger partial charge on any atom is 0.345 e. The zero-order valence-electron chi connectivity index (χ0n) is 8.99. The Balaban J connectivity index is 3.02. The van der Waals surface area contributed by atoms with Gasteiger partial charge in [-0.1, -0.05) is 18.2 Å². The summed E-state index contributed by atoms with van der Waals surface area (Å²) in [6.45, 7) is 0. The molecule has 0 aliphatic carbocycles. The van der Waals surface area contributed by atoms with Gasteiger partial charge in [0.25, 0.3) is 0 Å². The molecule has 0 aliphatic heterocycles. The minimum absolute atomic E-state index is 0.101. The molecule has 0 bridgehead atoms. The molecule has 0 N–H and O–H groups in total. The third-order valence-electron chi connectivity index (χ3n) is 1.99. The normalized spacial score (nSPS) is 12.6. The summed E-state index contributed by atoms with van der Waals surface area (Å²) in [5.74, 6) is 0. The van der Waals surface area contributed by atoms with Crippen LogP contribution in [0, 0.1) is 0 Å². The summed E-state index contributed by atoms with van der Waals surface area (Å²) in [6, 6.07) is 7.76. The van der Waals surface area contributed by atoms with Gasteiger partial charge in [-0.25, -0.2) is 8.42 Å². The Hall–Kier alpha value is -0.680. The van der Waals surface area contributed by atoms with E-state index in [1.807, 2.05) is 0 Å². The van der Waals surface area contributed by atoms with Crippen LogP contribution in [0.25, 0.3) is 0 Å². The highest BCUT2D eigenvalue weighted by molar-refractivity contribution is 7.97. The molecule has 0 aromatic heterocycles. The summed E-state index contributed by atoms with van der Waals surface area (Å²) in [5, 5.41) is 0. The van der Waals surface area contributed by atoms with Crippen molar-refractivity contribution >= 4 is 17.4 Å². The lowest BCUT2D eigenvalue weighted by Gasteiger charge is -2.13.